The number of hydrogen-bond donors (Lipinski definition) is 2. The molecule has 38 heavy (non-hydrogen) atoms. The number of nitrogen functional groups attached to an aromatic ring is 1. The van der Waals surface area contributed by atoms with Crippen molar-refractivity contribution in [1.29, 1.82) is 0 Å². The number of hydrogen-bond acceptors (Lipinski definition) is 7. The van der Waals surface area contributed by atoms with E-state index in [1.807, 2.05) is 12.1 Å². The highest BCUT2D eigenvalue weighted by atomic mass is 16.5. The molecule has 0 atom stereocenters. The van der Waals surface area contributed by atoms with Crippen LogP contribution in [0.3, 0.4) is 0 Å². The summed E-state index contributed by atoms with van der Waals surface area (Å²) in [6.45, 7) is 1.17. The number of ether oxygens (including phenoxy) is 2. The summed E-state index contributed by atoms with van der Waals surface area (Å²) in [6.07, 6.45) is 11.5. The van der Waals surface area contributed by atoms with Crippen LogP contribution in [0, 0.1) is 11.8 Å². The minimum Gasteiger partial charge on any atom is -0.481 e. The topological polar surface area (TPSA) is 128 Å². The van der Waals surface area contributed by atoms with Gasteiger partial charge in [0.1, 0.15) is 18.0 Å². The molecular weight excluding hydrogens is 484 g/mol. The van der Waals surface area contributed by atoms with E-state index < -0.39 is 5.97 Å². The van der Waals surface area contributed by atoms with Crippen molar-refractivity contribution in [2.45, 2.75) is 76.5 Å². The Kier molecular flexibility index (Phi) is 8.29. The first-order chi connectivity index (χ1) is 18.5. The van der Waals surface area contributed by atoms with Crippen LogP contribution in [0.5, 0.6) is 11.9 Å². The molecule has 2 saturated carbocycles. The second-order valence-electron chi connectivity index (χ2n) is 10.9. The van der Waals surface area contributed by atoms with E-state index in [1.54, 1.807) is 4.90 Å². The largest absolute Gasteiger partial charge is 0.481 e. The van der Waals surface area contributed by atoms with Gasteiger partial charge >= 0.3 is 12.0 Å². The number of anilines is 2. The van der Waals surface area contributed by atoms with Gasteiger partial charge in [0.2, 0.25) is 5.88 Å². The maximum Gasteiger partial charge on any atom is 0.321 e. The number of benzene rings is 1. The van der Waals surface area contributed by atoms with Crippen molar-refractivity contribution in [2.75, 3.05) is 30.4 Å². The number of aliphatic carboxylic acids is 1. The lowest BCUT2D eigenvalue weighted by Crippen LogP contribution is -2.32. The third-order valence-corrected chi connectivity index (χ3v) is 8.34. The maximum atomic E-state index is 13.5. The number of carbonyl (C=O) groups is 2. The molecule has 2 fully saturated rings. The van der Waals surface area contributed by atoms with Crippen LogP contribution in [0.15, 0.2) is 24.3 Å². The van der Waals surface area contributed by atoms with E-state index in [4.69, 9.17) is 20.3 Å². The van der Waals surface area contributed by atoms with Crippen LogP contribution in [0.2, 0.25) is 0 Å². The minimum atomic E-state index is -0.713. The first-order valence-corrected chi connectivity index (χ1v) is 14.0. The maximum absolute atomic E-state index is 13.5. The summed E-state index contributed by atoms with van der Waals surface area (Å²) >= 11 is 0. The van der Waals surface area contributed by atoms with E-state index in [-0.39, 0.29) is 48.1 Å². The molecule has 1 amide bonds. The fourth-order valence-electron chi connectivity index (χ4n) is 6.23. The number of amides is 1. The first-order valence-electron chi connectivity index (χ1n) is 14.0. The highest BCUT2D eigenvalue weighted by Gasteiger charge is 2.30. The van der Waals surface area contributed by atoms with Crippen LogP contribution in [0.4, 0.5) is 11.5 Å². The van der Waals surface area contributed by atoms with Gasteiger partial charge in [-0.1, -0.05) is 37.8 Å². The number of carboxylic acids is 1. The molecule has 1 aromatic carbocycles. The third-order valence-electron chi connectivity index (χ3n) is 8.34. The third kappa shape index (κ3) is 6.19. The first kappa shape index (κ1) is 26.3. The molecule has 0 saturated heterocycles. The minimum absolute atomic E-state index is 0.0624. The number of rotatable bonds is 9. The molecule has 0 bridgehead atoms. The van der Waals surface area contributed by atoms with Gasteiger partial charge in [-0.2, -0.15) is 9.97 Å². The van der Waals surface area contributed by atoms with E-state index in [2.05, 4.69) is 22.1 Å². The summed E-state index contributed by atoms with van der Waals surface area (Å²) in [7, 11) is 0. The molecule has 2 heterocycles. The van der Waals surface area contributed by atoms with E-state index in [1.165, 1.54) is 31.2 Å². The molecule has 9 nitrogen and oxygen atoms in total. The van der Waals surface area contributed by atoms with Crippen LogP contribution in [-0.4, -0.2) is 46.7 Å². The van der Waals surface area contributed by atoms with E-state index in [0.717, 1.165) is 50.1 Å². The van der Waals surface area contributed by atoms with Crippen LogP contribution in [-0.2, 0) is 4.79 Å². The molecule has 0 unspecified atom stereocenters. The fraction of sp³-hybridized carbons (Fsp3) is 0.586. The predicted molar refractivity (Wildman–Crippen MR) is 144 cm³/mol. The van der Waals surface area contributed by atoms with Gasteiger partial charge in [-0.05, 0) is 74.0 Å². The summed E-state index contributed by atoms with van der Waals surface area (Å²) < 4.78 is 11.6. The van der Waals surface area contributed by atoms with Crippen molar-refractivity contribution in [3.63, 3.8) is 0 Å². The van der Waals surface area contributed by atoms with Gasteiger partial charge < -0.3 is 25.2 Å². The number of nitrogens with two attached hydrogens (primary N) is 1. The van der Waals surface area contributed by atoms with Gasteiger partial charge in [0.25, 0.3) is 5.91 Å². The Morgan fingerprint density at radius 2 is 1.79 bits per heavy atom. The van der Waals surface area contributed by atoms with Gasteiger partial charge in [-0.25, -0.2) is 0 Å². The number of carbonyl (C=O) groups excluding carboxylic acids is 1. The standard InChI is InChI=1S/C29H38N4O5/c30-26-25-27(32-29(31-26)38-16-3-6-19-4-1-2-5-19)37-17-15-33(28(25)36)23-13-11-22(12-14-23)21-9-7-20(8-10-21)18-24(34)35/h11-14,19-21H,1-10,15-18H2,(H,34,35)(H2,30,31,32). The van der Waals surface area contributed by atoms with Crippen LogP contribution >= 0.6 is 0 Å². The number of fused-ring (bicyclic) bond motifs is 1. The molecule has 1 aliphatic heterocycles. The Balaban J connectivity index is 1.21. The SMILES string of the molecule is Nc1nc(OCCCC2CCCC2)nc2c1C(=O)N(c1ccc(C3CCC(CC(=O)O)CC3)cc1)CCO2. The molecule has 3 aliphatic rings. The van der Waals surface area contributed by atoms with E-state index in [9.17, 15) is 9.59 Å². The molecule has 0 radical (unpaired) electrons. The smallest absolute Gasteiger partial charge is 0.321 e. The highest BCUT2D eigenvalue weighted by molar-refractivity contribution is 6.10. The molecule has 3 N–H and O–H groups in total. The zero-order chi connectivity index (χ0) is 26.5. The summed E-state index contributed by atoms with van der Waals surface area (Å²) in [4.78, 5) is 34.8. The average molecular weight is 523 g/mol. The quantitative estimate of drug-likeness (QED) is 0.430. The van der Waals surface area contributed by atoms with Gasteiger partial charge in [-0.15, -0.1) is 0 Å². The molecule has 0 spiro atoms. The van der Waals surface area contributed by atoms with Crippen molar-refractivity contribution in [3.8, 4) is 11.9 Å². The fourth-order valence-corrected chi connectivity index (χ4v) is 6.23. The Morgan fingerprint density at radius 1 is 1.05 bits per heavy atom. The van der Waals surface area contributed by atoms with Gasteiger partial charge in [-0.3, -0.25) is 9.59 Å². The van der Waals surface area contributed by atoms with Crippen LogP contribution < -0.4 is 20.1 Å². The number of aromatic nitrogens is 2. The Morgan fingerprint density at radius 3 is 2.50 bits per heavy atom. The predicted octanol–water partition coefficient (Wildman–Crippen LogP) is 5.20. The summed E-state index contributed by atoms with van der Waals surface area (Å²) in [5, 5.41) is 9.05. The van der Waals surface area contributed by atoms with Crippen molar-refractivity contribution in [2.24, 2.45) is 11.8 Å². The van der Waals surface area contributed by atoms with Gasteiger partial charge in [0.05, 0.1) is 13.2 Å². The molecular formula is C29H38N4O5. The Labute approximate surface area is 223 Å². The lowest BCUT2D eigenvalue weighted by molar-refractivity contribution is -0.138. The number of carboxylic acid groups (broad SMARTS) is 1. The molecule has 5 rings (SSSR count). The molecule has 1 aromatic heterocycles. The summed E-state index contributed by atoms with van der Waals surface area (Å²) in [5.74, 6) is 0.723. The van der Waals surface area contributed by atoms with Crippen LogP contribution in [0.25, 0.3) is 0 Å². The molecule has 9 heteroatoms. The summed E-state index contributed by atoms with van der Waals surface area (Å²) in [5.41, 5.74) is 8.37. The van der Waals surface area contributed by atoms with Crippen molar-refractivity contribution < 1.29 is 24.2 Å². The zero-order valence-corrected chi connectivity index (χ0v) is 21.9. The van der Waals surface area contributed by atoms with Gasteiger partial charge in [0, 0.05) is 12.1 Å². The van der Waals surface area contributed by atoms with E-state index >= 15 is 0 Å². The van der Waals surface area contributed by atoms with Crippen molar-refractivity contribution >= 4 is 23.4 Å². The molecule has 204 valence electrons. The van der Waals surface area contributed by atoms with Crippen molar-refractivity contribution in [1.82, 2.24) is 9.97 Å². The highest BCUT2D eigenvalue weighted by Crippen LogP contribution is 2.38. The average Bonchev–Trinajstić information content (AvgIpc) is 3.37. The van der Waals surface area contributed by atoms with Gasteiger partial charge in [0.15, 0.2) is 0 Å². The molecule has 2 aliphatic carbocycles. The lowest BCUT2D eigenvalue weighted by atomic mass is 9.77. The zero-order valence-electron chi connectivity index (χ0n) is 21.9. The summed E-state index contributed by atoms with van der Waals surface area (Å²) in [6, 6.07) is 8.21. The normalized spacial score (nSPS) is 22.0. The van der Waals surface area contributed by atoms with Crippen LogP contribution in [0.1, 0.15) is 92.5 Å². The molecule has 2 aromatic rings. The lowest BCUT2D eigenvalue weighted by Gasteiger charge is -2.28. The second kappa shape index (κ2) is 12.0. The second-order valence-corrected chi connectivity index (χ2v) is 10.9. The Hall–Kier alpha value is -3.36. The monoisotopic (exact) mass is 522 g/mol. The van der Waals surface area contributed by atoms with Crippen molar-refractivity contribution in [3.05, 3.63) is 35.4 Å². The number of nitrogens with zero attached hydrogens (tertiary/aromatic N) is 3. The van der Waals surface area contributed by atoms with E-state index in [0.29, 0.717) is 19.1 Å². The Bertz CT molecular complexity index is 1120.